The maximum atomic E-state index is 12.7. The second-order valence-corrected chi connectivity index (χ2v) is 3.95. The number of carbonyl (C=O) groups is 2. The zero-order valence-corrected chi connectivity index (χ0v) is 9.76. The Bertz CT molecular complexity index is 587. The van der Waals surface area contributed by atoms with Gasteiger partial charge in [-0.25, -0.2) is 9.37 Å². The molecular formula is C13H11FN2O2. The minimum atomic E-state index is -0.414. The number of aryl methyl sites for hydroxylation is 1. The van der Waals surface area contributed by atoms with Crippen LogP contribution in [0, 0.1) is 5.82 Å². The fourth-order valence-corrected chi connectivity index (χ4v) is 1.53. The Morgan fingerprint density at radius 2 is 1.89 bits per heavy atom. The molecule has 1 aromatic carbocycles. The Morgan fingerprint density at radius 1 is 1.22 bits per heavy atom. The highest BCUT2D eigenvalue weighted by molar-refractivity contribution is 6.12. The number of halogens is 1. The summed E-state index contributed by atoms with van der Waals surface area (Å²) in [5.74, 6) is -1.10. The predicted molar refractivity (Wildman–Crippen MR) is 62.9 cm³/mol. The van der Waals surface area contributed by atoms with Crippen molar-refractivity contribution in [1.82, 2.24) is 9.55 Å². The van der Waals surface area contributed by atoms with Crippen LogP contribution >= 0.6 is 0 Å². The lowest BCUT2D eigenvalue weighted by atomic mass is 10.1. The normalized spacial score (nSPS) is 10.3. The molecule has 0 radical (unpaired) electrons. The van der Waals surface area contributed by atoms with E-state index in [9.17, 15) is 14.0 Å². The standard InChI is InChI=1S/C13H11FN2O2/c1-16-7-11(15-8-16)13(18)6-12(17)9-2-4-10(14)5-3-9/h2-5,7-8H,6H2,1H3. The van der Waals surface area contributed by atoms with Gasteiger partial charge in [0.15, 0.2) is 11.6 Å². The quantitative estimate of drug-likeness (QED) is 0.612. The van der Waals surface area contributed by atoms with Gasteiger partial charge >= 0.3 is 0 Å². The van der Waals surface area contributed by atoms with Crippen LogP contribution in [0.5, 0.6) is 0 Å². The molecule has 4 nitrogen and oxygen atoms in total. The van der Waals surface area contributed by atoms with Gasteiger partial charge in [-0.15, -0.1) is 0 Å². The number of Topliss-reactive ketones (excluding diaryl/α,β-unsaturated/α-hetero) is 2. The number of nitrogens with zero attached hydrogens (tertiary/aromatic N) is 2. The molecule has 0 saturated carbocycles. The molecule has 1 heterocycles. The molecule has 0 aliphatic rings. The number of rotatable bonds is 4. The van der Waals surface area contributed by atoms with Crippen LogP contribution in [0.3, 0.4) is 0 Å². The van der Waals surface area contributed by atoms with Crippen molar-refractivity contribution in [3.63, 3.8) is 0 Å². The molecule has 0 amide bonds. The fourth-order valence-electron chi connectivity index (χ4n) is 1.53. The Hall–Kier alpha value is -2.30. The molecule has 2 rings (SSSR count). The smallest absolute Gasteiger partial charge is 0.190 e. The van der Waals surface area contributed by atoms with Crippen LogP contribution in [-0.2, 0) is 7.05 Å². The Morgan fingerprint density at radius 3 is 2.44 bits per heavy atom. The van der Waals surface area contributed by atoms with Gasteiger partial charge in [-0.05, 0) is 24.3 Å². The summed E-state index contributed by atoms with van der Waals surface area (Å²) in [6, 6.07) is 5.11. The molecule has 92 valence electrons. The van der Waals surface area contributed by atoms with Crippen LogP contribution in [0.2, 0.25) is 0 Å². The largest absolute Gasteiger partial charge is 0.340 e. The molecule has 0 aliphatic heterocycles. The van der Waals surface area contributed by atoms with Crippen LogP contribution < -0.4 is 0 Å². The highest BCUT2D eigenvalue weighted by atomic mass is 19.1. The van der Waals surface area contributed by atoms with Crippen LogP contribution in [0.15, 0.2) is 36.8 Å². The average Bonchev–Trinajstić information content (AvgIpc) is 2.76. The molecule has 5 heteroatoms. The van der Waals surface area contributed by atoms with Crippen molar-refractivity contribution in [2.24, 2.45) is 7.05 Å². The van der Waals surface area contributed by atoms with Crippen LogP contribution in [0.25, 0.3) is 0 Å². The van der Waals surface area contributed by atoms with Crippen molar-refractivity contribution in [3.8, 4) is 0 Å². The van der Waals surface area contributed by atoms with Gasteiger partial charge in [-0.1, -0.05) is 0 Å². The van der Waals surface area contributed by atoms with Gasteiger partial charge in [0.2, 0.25) is 0 Å². The summed E-state index contributed by atoms with van der Waals surface area (Å²) < 4.78 is 14.3. The van der Waals surface area contributed by atoms with E-state index >= 15 is 0 Å². The molecule has 0 saturated heterocycles. The van der Waals surface area contributed by atoms with Gasteiger partial charge in [-0.3, -0.25) is 9.59 Å². The number of carbonyl (C=O) groups excluding carboxylic acids is 2. The Labute approximate surface area is 103 Å². The average molecular weight is 246 g/mol. The van der Waals surface area contributed by atoms with Crippen molar-refractivity contribution >= 4 is 11.6 Å². The fraction of sp³-hybridized carbons (Fsp3) is 0.154. The van der Waals surface area contributed by atoms with E-state index < -0.39 is 5.82 Å². The molecule has 18 heavy (non-hydrogen) atoms. The highest BCUT2D eigenvalue weighted by Gasteiger charge is 2.15. The summed E-state index contributed by atoms with van der Waals surface area (Å²) in [6.07, 6.45) is 2.79. The molecule has 0 spiro atoms. The maximum Gasteiger partial charge on any atom is 0.190 e. The van der Waals surface area contributed by atoms with Gasteiger partial charge in [-0.2, -0.15) is 0 Å². The number of aromatic nitrogens is 2. The first-order valence-corrected chi connectivity index (χ1v) is 5.36. The topological polar surface area (TPSA) is 52.0 Å². The lowest BCUT2D eigenvalue weighted by Gasteiger charge is -1.99. The van der Waals surface area contributed by atoms with Crippen molar-refractivity contribution in [2.45, 2.75) is 6.42 Å². The summed E-state index contributed by atoms with van der Waals surface area (Å²) in [5.41, 5.74) is 0.577. The van der Waals surface area contributed by atoms with Gasteiger partial charge in [0.1, 0.15) is 11.5 Å². The molecule has 0 fully saturated rings. The van der Waals surface area contributed by atoms with Gasteiger partial charge in [0, 0.05) is 18.8 Å². The monoisotopic (exact) mass is 246 g/mol. The second-order valence-electron chi connectivity index (χ2n) is 3.95. The number of hydrogen-bond acceptors (Lipinski definition) is 3. The van der Waals surface area contributed by atoms with E-state index in [0.29, 0.717) is 5.56 Å². The van der Waals surface area contributed by atoms with Crippen LogP contribution in [0.4, 0.5) is 4.39 Å². The van der Waals surface area contributed by atoms with E-state index in [1.165, 1.54) is 30.6 Å². The minimum absolute atomic E-state index is 0.257. The molecular weight excluding hydrogens is 235 g/mol. The van der Waals surface area contributed by atoms with Crippen molar-refractivity contribution in [1.29, 1.82) is 0 Å². The van der Waals surface area contributed by atoms with E-state index in [4.69, 9.17) is 0 Å². The van der Waals surface area contributed by atoms with Gasteiger partial charge in [0.05, 0.1) is 12.7 Å². The SMILES string of the molecule is Cn1cnc(C(=O)CC(=O)c2ccc(F)cc2)c1. The lowest BCUT2D eigenvalue weighted by Crippen LogP contribution is -2.09. The Kier molecular flexibility index (Phi) is 3.32. The molecule has 0 N–H and O–H groups in total. The van der Waals surface area contributed by atoms with Gasteiger partial charge < -0.3 is 4.57 Å². The summed E-state index contributed by atoms with van der Waals surface area (Å²) in [4.78, 5) is 27.4. The third kappa shape index (κ3) is 2.68. The minimum Gasteiger partial charge on any atom is -0.340 e. The third-order valence-corrected chi connectivity index (χ3v) is 2.48. The summed E-state index contributed by atoms with van der Waals surface area (Å²) >= 11 is 0. The molecule has 2 aromatic rings. The Balaban J connectivity index is 2.08. The molecule has 1 aromatic heterocycles. The maximum absolute atomic E-state index is 12.7. The van der Waals surface area contributed by atoms with Crippen LogP contribution in [-0.4, -0.2) is 21.1 Å². The molecule has 0 bridgehead atoms. The second kappa shape index (κ2) is 4.91. The van der Waals surface area contributed by atoms with E-state index in [1.807, 2.05) is 0 Å². The first-order valence-electron chi connectivity index (χ1n) is 5.36. The van der Waals surface area contributed by atoms with Crippen molar-refractivity contribution < 1.29 is 14.0 Å². The summed E-state index contributed by atoms with van der Waals surface area (Å²) in [5, 5.41) is 0. The first-order chi connectivity index (χ1) is 8.56. The summed E-state index contributed by atoms with van der Waals surface area (Å²) in [7, 11) is 1.74. The zero-order chi connectivity index (χ0) is 13.1. The number of hydrogen-bond donors (Lipinski definition) is 0. The van der Waals surface area contributed by atoms with Gasteiger partial charge in [0.25, 0.3) is 0 Å². The van der Waals surface area contributed by atoms with E-state index in [0.717, 1.165) is 0 Å². The number of benzene rings is 1. The number of ketones is 2. The van der Waals surface area contributed by atoms with E-state index in [2.05, 4.69) is 4.98 Å². The molecule has 0 unspecified atom stereocenters. The van der Waals surface area contributed by atoms with Crippen LogP contribution in [0.1, 0.15) is 27.3 Å². The molecule has 0 atom stereocenters. The van der Waals surface area contributed by atoms with E-state index in [-0.39, 0.29) is 23.7 Å². The van der Waals surface area contributed by atoms with Crippen molar-refractivity contribution in [2.75, 3.05) is 0 Å². The predicted octanol–water partition coefficient (Wildman–Crippen LogP) is 2.01. The highest BCUT2D eigenvalue weighted by Crippen LogP contribution is 2.08. The third-order valence-electron chi connectivity index (χ3n) is 2.48. The first kappa shape index (κ1) is 12.2. The summed E-state index contributed by atoms with van der Waals surface area (Å²) in [6.45, 7) is 0. The lowest BCUT2D eigenvalue weighted by molar-refractivity contribution is 0.0891. The van der Waals surface area contributed by atoms with E-state index in [1.54, 1.807) is 17.8 Å². The zero-order valence-electron chi connectivity index (χ0n) is 9.76. The molecule has 0 aliphatic carbocycles. The number of imidazole rings is 1. The van der Waals surface area contributed by atoms with Crippen molar-refractivity contribution in [3.05, 3.63) is 53.9 Å².